The lowest BCUT2D eigenvalue weighted by atomic mass is 9.98. The number of piperidine rings is 1. The van der Waals surface area contributed by atoms with Gasteiger partial charge in [0.25, 0.3) is 0 Å². The van der Waals surface area contributed by atoms with Gasteiger partial charge < -0.3 is 10.5 Å². The molecular weight excluding hydrogens is 200 g/mol. The Bertz CT molecular complexity index is 364. The second kappa shape index (κ2) is 4.07. The van der Waals surface area contributed by atoms with E-state index in [2.05, 4.69) is 17.0 Å². The summed E-state index contributed by atoms with van der Waals surface area (Å²) in [5.41, 5.74) is 8.11. The monoisotopic (exact) mass is 218 g/mol. The number of nitrogens with zero attached hydrogens (tertiary/aromatic N) is 1. The number of anilines is 1. The molecule has 3 saturated heterocycles. The highest BCUT2D eigenvalue weighted by Crippen LogP contribution is 2.27. The highest BCUT2D eigenvalue weighted by atomic mass is 16.5. The highest BCUT2D eigenvalue weighted by molar-refractivity contribution is 5.46. The van der Waals surface area contributed by atoms with Crippen LogP contribution in [0.2, 0.25) is 0 Å². The Morgan fingerprint density at radius 1 is 1.25 bits per heavy atom. The van der Waals surface area contributed by atoms with Crippen LogP contribution in [-0.2, 0) is 11.2 Å². The lowest BCUT2D eigenvalue weighted by Gasteiger charge is -2.47. The molecule has 0 amide bonds. The van der Waals surface area contributed by atoms with Crippen molar-refractivity contribution in [3.05, 3.63) is 29.8 Å². The third kappa shape index (κ3) is 1.93. The van der Waals surface area contributed by atoms with Crippen LogP contribution in [-0.4, -0.2) is 36.7 Å². The van der Waals surface area contributed by atoms with E-state index < -0.39 is 0 Å². The lowest BCUT2D eigenvalue weighted by molar-refractivity contribution is -0.180. The first-order chi connectivity index (χ1) is 7.81. The zero-order chi connectivity index (χ0) is 11.0. The van der Waals surface area contributed by atoms with Crippen LogP contribution < -0.4 is 5.73 Å². The van der Waals surface area contributed by atoms with Gasteiger partial charge in [-0.25, -0.2) is 0 Å². The van der Waals surface area contributed by atoms with E-state index in [0.29, 0.717) is 12.2 Å². The van der Waals surface area contributed by atoms with Gasteiger partial charge in [-0.3, -0.25) is 4.90 Å². The summed E-state index contributed by atoms with van der Waals surface area (Å²) >= 11 is 0. The minimum absolute atomic E-state index is 0.506. The van der Waals surface area contributed by atoms with Crippen LogP contribution in [0.15, 0.2) is 24.3 Å². The number of rotatable bonds is 3. The first-order valence-electron chi connectivity index (χ1n) is 6.02. The molecule has 0 radical (unpaired) electrons. The van der Waals surface area contributed by atoms with Gasteiger partial charge in [-0.2, -0.15) is 0 Å². The lowest BCUT2D eigenvalue weighted by Crippen LogP contribution is -2.57. The molecule has 2 bridgehead atoms. The van der Waals surface area contributed by atoms with Crippen molar-refractivity contribution in [1.29, 1.82) is 0 Å². The Kier molecular flexibility index (Phi) is 2.58. The summed E-state index contributed by atoms with van der Waals surface area (Å²) in [6, 6.07) is 8.15. The maximum Gasteiger partial charge on any atom is 0.0731 e. The van der Waals surface area contributed by atoms with Crippen molar-refractivity contribution in [2.75, 3.05) is 25.4 Å². The van der Waals surface area contributed by atoms with Crippen molar-refractivity contribution in [1.82, 2.24) is 4.90 Å². The number of fused-ring (bicyclic) bond motifs is 2. The van der Waals surface area contributed by atoms with Gasteiger partial charge in [-0.15, -0.1) is 0 Å². The van der Waals surface area contributed by atoms with Crippen molar-refractivity contribution in [2.45, 2.75) is 25.0 Å². The van der Waals surface area contributed by atoms with Gasteiger partial charge in [0.05, 0.1) is 12.2 Å². The number of para-hydroxylation sites is 1. The molecule has 3 aliphatic rings. The van der Waals surface area contributed by atoms with E-state index in [-0.39, 0.29) is 0 Å². The maximum absolute atomic E-state index is 5.93. The van der Waals surface area contributed by atoms with Crippen molar-refractivity contribution >= 4 is 5.69 Å². The molecule has 3 nitrogen and oxygen atoms in total. The number of morpholine rings is 1. The van der Waals surface area contributed by atoms with Crippen molar-refractivity contribution in [2.24, 2.45) is 0 Å². The molecule has 86 valence electrons. The van der Waals surface area contributed by atoms with Crippen LogP contribution in [0.5, 0.6) is 0 Å². The Hall–Kier alpha value is -1.06. The van der Waals surface area contributed by atoms with Crippen LogP contribution in [0.1, 0.15) is 12.0 Å². The molecule has 3 heteroatoms. The predicted octanol–water partition coefficient (Wildman–Crippen LogP) is 1.28. The molecule has 0 aromatic heterocycles. The molecule has 1 aromatic rings. The summed E-state index contributed by atoms with van der Waals surface area (Å²) in [6.07, 6.45) is 3.33. The zero-order valence-corrected chi connectivity index (χ0v) is 9.43. The summed E-state index contributed by atoms with van der Waals surface area (Å²) in [5.74, 6) is 0. The van der Waals surface area contributed by atoms with E-state index in [4.69, 9.17) is 10.5 Å². The Balaban J connectivity index is 1.55. The van der Waals surface area contributed by atoms with Gasteiger partial charge in [0, 0.05) is 31.7 Å². The van der Waals surface area contributed by atoms with Crippen molar-refractivity contribution < 1.29 is 4.74 Å². The van der Waals surface area contributed by atoms with Crippen LogP contribution >= 0.6 is 0 Å². The quantitative estimate of drug-likeness (QED) is 0.777. The van der Waals surface area contributed by atoms with Crippen LogP contribution in [0.3, 0.4) is 0 Å². The minimum atomic E-state index is 0.506. The highest BCUT2D eigenvalue weighted by Gasteiger charge is 2.37. The summed E-state index contributed by atoms with van der Waals surface area (Å²) in [6.45, 7) is 3.30. The third-order valence-corrected chi connectivity index (χ3v) is 3.59. The molecule has 0 aliphatic carbocycles. The molecule has 0 spiro atoms. The van der Waals surface area contributed by atoms with Gasteiger partial charge in [-0.05, 0) is 18.1 Å². The van der Waals surface area contributed by atoms with E-state index >= 15 is 0 Å². The molecule has 2 unspecified atom stereocenters. The first-order valence-corrected chi connectivity index (χ1v) is 6.02. The van der Waals surface area contributed by atoms with E-state index in [1.807, 2.05) is 12.1 Å². The molecule has 2 atom stereocenters. The zero-order valence-electron chi connectivity index (χ0n) is 9.43. The summed E-state index contributed by atoms with van der Waals surface area (Å²) in [4.78, 5) is 2.49. The fraction of sp³-hybridized carbons (Fsp3) is 0.538. The second-order valence-electron chi connectivity index (χ2n) is 4.82. The summed E-state index contributed by atoms with van der Waals surface area (Å²) in [5, 5.41) is 0. The molecular formula is C13H18N2O. The number of ether oxygens (including phenoxy) is 1. The number of hydrogen-bond acceptors (Lipinski definition) is 3. The van der Waals surface area contributed by atoms with Crippen molar-refractivity contribution in [3.8, 4) is 0 Å². The number of benzene rings is 1. The second-order valence-corrected chi connectivity index (χ2v) is 4.82. The van der Waals surface area contributed by atoms with Gasteiger partial charge in [0.15, 0.2) is 0 Å². The predicted molar refractivity (Wildman–Crippen MR) is 64.3 cm³/mol. The third-order valence-electron chi connectivity index (χ3n) is 3.59. The molecule has 1 aromatic carbocycles. The molecule has 0 saturated carbocycles. The molecule has 3 heterocycles. The summed E-state index contributed by atoms with van der Waals surface area (Å²) < 4.78 is 5.61. The fourth-order valence-corrected chi connectivity index (χ4v) is 2.66. The SMILES string of the molecule is Nc1ccccc1CCN1CC2CC(C1)O2. The maximum atomic E-state index is 5.93. The normalized spacial score (nSPS) is 28.8. The van der Waals surface area contributed by atoms with Crippen LogP contribution in [0.25, 0.3) is 0 Å². The Morgan fingerprint density at radius 3 is 2.62 bits per heavy atom. The van der Waals surface area contributed by atoms with Gasteiger partial charge in [0.2, 0.25) is 0 Å². The van der Waals surface area contributed by atoms with Gasteiger partial charge in [0.1, 0.15) is 0 Å². The fourth-order valence-electron chi connectivity index (χ4n) is 2.66. The van der Waals surface area contributed by atoms with E-state index in [9.17, 15) is 0 Å². The number of nitrogens with two attached hydrogens (primary N) is 1. The molecule has 3 fully saturated rings. The minimum Gasteiger partial charge on any atom is -0.399 e. The Labute approximate surface area is 96.2 Å². The molecule has 16 heavy (non-hydrogen) atoms. The number of nitrogen functional groups attached to an aromatic ring is 1. The van der Waals surface area contributed by atoms with E-state index in [1.54, 1.807) is 0 Å². The van der Waals surface area contributed by atoms with Crippen LogP contribution in [0, 0.1) is 0 Å². The Morgan fingerprint density at radius 2 is 1.94 bits per heavy atom. The van der Waals surface area contributed by atoms with E-state index in [0.717, 1.165) is 31.7 Å². The summed E-state index contributed by atoms with van der Waals surface area (Å²) in [7, 11) is 0. The average molecular weight is 218 g/mol. The molecule has 4 rings (SSSR count). The van der Waals surface area contributed by atoms with Gasteiger partial charge in [-0.1, -0.05) is 18.2 Å². The smallest absolute Gasteiger partial charge is 0.0731 e. The average Bonchev–Trinajstić information content (AvgIpc) is 2.27. The molecule has 2 N–H and O–H groups in total. The van der Waals surface area contributed by atoms with Crippen LogP contribution in [0.4, 0.5) is 5.69 Å². The van der Waals surface area contributed by atoms with Crippen molar-refractivity contribution in [3.63, 3.8) is 0 Å². The number of hydrogen-bond donors (Lipinski definition) is 1. The first kappa shape index (κ1) is 10.1. The molecule has 3 aliphatic heterocycles. The standard InChI is InChI=1S/C13H18N2O/c14-13-4-2-1-3-10(13)5-6-15-8-11-7-12(9-15)16-11/h1-4,11-12H,5-9,14H2. The topological polar surface area (TPSA) is 38.5 Å². The van der Waals surface area contributed by atoms with E-state index in [1.165, 1.54) is 12.0 Å². The largest absolute Gasteiger partial charge is 0.399 e. The van der Waals surface area contributed by atoms with Gasteiger partial charge >= 0.3 is 0 Å².